The SMILES string of the molecule is FP(/N=[PH](/F)OCC(F)(F)F)OC(F)(F)C(F)(F)F. The molecule has 15 heteroatoms. The van der Waals surface area contributed by atoms with E-state index in [2.05, 4.69) is 9.05 Å². The third-order valence-electron chi connectivity index (χ3n) is 1.03. The molecule has 0 N–H and O–H groups in total. The van der Waals surface area contributed by atoms with E-state index in [9.17, 15) is 43.5 Å². The van der Waals surface area contributed by atoms with E-state index >= 15 is 0 Å². The van der Waals surface area contributed by atoms with Gasteiger partial charge in [-0.15, -0.1) is 0 Å². The molecule has 0 amide bonds. The normalized spacial score (nSPS) is 17.6. The molecule has 0 bridgehead atoms. The van der Waals surface area contributed by atoms with Crippen LogP contribution in [0.4, 0.5) is 43.5 Å². The fourth-order valence-corrected chi connectivity index (χ4v) is 1.86. The minimum atomic E-state index is -6.27. The van der Waals surface area contributed by atoms with Gasteiger partial charge in [-0.2, -0.15) is 48.0 Å². The first kappa shape index (κ1) is 18.9. The average molecular weight is 349 g/mol. The second kappa shape index (κ2) is 6.55. The zero-order valence-electron chi connectivity index (χ0n) is 8.20. The molecule has 0 aliphatic carbocycles. The molecule has 2 atom stereocenters. The smallest absolute Gasteiger partial charge is 0.313 e. The van der Waals surface area contributed by atoms with Crippen molar-refractivity contribution in [3.8, 4) is 0 Å². The van der Waals surface area contributed by atoms with Crippen LogP contribution < -0.4 is 0 Å². The topological polar surface area (TPSA) is 30.8 Å². The molecule has 0 heterocycles. The van der Waals surface area contributed by atoms with Crippen molar-refractivity contribution in [3.63, 3.8) is 0 Å². The monoisotopic (exact) mass is 349 g/mol. The van der Waals surface area contributed by atoms with Crippen LogP contribution in [0.5, 0.6) is 0 Å². The van der Waals surface area contributed by atoms with Crippen LogP contribution in [0.2, 0.25) is 0 Å². The fourth-order valence-electron chi connectivity index (χ4n) is 0.399. The Bertz CT molecular complexity index is 326. The van der Waals surface area contributed by atoms with E-state index in [1.165, 1.54) is 0 Å². The van der Waals surface area contributed by atoms with Crippen molar-refractivity contribution in [2.45, 2.75) is 18.5 Å². The molecule has 0 aliphatic rings. The van der Waals surface area contributed by atoms with Crippen molar-refractivity contribution in [2.24, 2.45) is 4.52 Å². The lowest BCUT2D eigenvalue weighted by Gasteiger charge is -2.18. The number of rotatable bonds is 5. The minimum absolute atomic E-state index is 1.89. The van der Waals surface area contributed by atoms with E-state index in [-0.39, 0.29) is 0 Å². The van der Waals surface area contributed by atoms with Gasteiger partial charge in [0.25, 0.3) is 8.25 Å². The molecular weight excluding hydrogens is 346 g/mol. The summed E-state index contributed by atoms with van der Waals surface area (Å²) in [6.45, 7) is -2.19. The Hall–Kier alpha value is -0.120. The maximum atomic E-state index is 12.4. The number of hydrogen-bond donors (Lipinski definition) is 0. The van der Waals surface area contributed by atoms with Crippen LogP contribution in [0.15, 0.2) is 4.52 Å². The van der Waals surface area contributed by atoms with Crippen LogP contribution in [0.25, 0.3) is 0 Å². The Balaban J connectivity index is 4.48. The summed E-state index contributed by atoms with van der Waals surface area (Å²) in [7, 11) is -8.89. The lowest BCUT2D eigenvalue weighted by Crippen LogP contribution is -2.37. The molecule has 0 aromatic heterocycles. The Labute approximate surface area is 100 Å². The maximum absolute atomic E-state index is 12.4. The summed E-state index contributed by atoms with van der Waals surface area (Å²) in [5.41, 5.74) is 0. The van der Waals surface area contributed by atoms with Crippen molar-refractivity contribution in [2.75, 3.05) is 6.61 Å². The Kier molecular flexibility index (Phi) is 6.51. The second-order valence-corrected chi connectivity index (χ2v) is 4.82. The highest BCUT2D eigenvalue weighted by molar-refractivity contribution is 7.53. The molecule has 0 fully saturated rings. The van der Waals surface area contributed by atoms with Gasteiger partial charge >= 0.3 is 27.1 Å². The van der Waals surface area contributed by atoms with E-state index < -0.39 is 41.9 Å². The summed E-state index contributed by atoms with van der Waals surface area (Å²) < 4.78 is 126. The first-order valence-corrected chi connectivity index (χ1v) is 6.11. The van der Waals surface area contributed by atoms with Crippen molar-refractivity contribution in [3.05, 3.63) is 0 Å². The van der Waals surface area contributed by atoms with E-state index in [0.29, 0.717) is 0 Å². The van der Waals surface area contributed by atoms with Gasteiger partial charge in [0.2, 0.25) is 0 Å². The van der Waals surface area contributed by atoms with Crippen molar-refractivity contribution in [1.82, 2.24) is 0 Å². The van der Waals surface area contributed by atoms with Crippen molar-refractivity contribution in [1.29, 1.82) is 0 Å². The Morgan fingerprint density at radius 3 is 1.84 bits per heavy atom. The first-order valence-electron chi connectivity index (χ1n) is 3.78. The van der Waals surface area contributed by atoms with Gasteiger partial charge < -0.3 is 4.52 Å². The Morgan fingerprint density at radius 1 is 1.00 bits per heavy atom. The third kappa shape index (κ3) is 7.91. The molecule has 0 spiro atoms. The van der Waals surface area contributed by atoms with E-state index in [4.69, 9.17) is 0 Å². The molecule has 0 aromatic rings. The van der Waals surface area contributed by atoms with Gasteiger partial charge in [-0.3, -0.25) is 0 Å². The average Bonchev–Trinajstić information content (AvgIpc) is 2.10. The zero-order valence-corrected chi connectivity index (χ0v) is 10.1. The summed E-state index contributed by atoms with van der Waals surface area (Å²) in [6, 6.07) is 0. The summed E-state index contributed by atoms with van der Waals surface area (Å²) in [4.78, 5) is 0. The van der Waals surface area contributed by atoms with Crippen LogP contribution in [0.1, 0.15) is 0 Å². The minimum Gasteiger partial charge on any atom is -0.313 e. The van der Waals surface area contributed by atoms with E-state index in [1.807, 2.05) is 4.52 Å². The standard InChI is InChI=1S/C4H3F10NO2P2/c5-2(6,7)1-16-18(13)15-19(14)17-4(11,12)3(8,9)10/h18H,1H2. The predicted molar refractivity (Wildman–Crippen MR) is 44.0 cm³/mol. The molecular formula is C4H3F10NO2P2. The molecule has 0 aromatic carbocycles. The summed E-state index contributed by atoms with van der Waals surface area (Å²) in [5, 5.41) is 0. The lowest BCUT2D eigenvalue weighted by molar-refractivity contribution is -0.360. The lowest BCUT2D eigenvalue weighted by atomic mass is 10.6. The quantitative estimate of drug-likeness (QED) is 0.509. The second-order valence-electron chi connectivity index (χ2n) is 2.59. The Morgan fingerprint density at radius 2 is 1.47 bits per heavy atom. The molecule has 116 valence electrons. The fraction of sp³-hybridized carbons (Fsp3) is 1.00. The largest absolute Gasteiger partial charge is 0.483 e. The molecule has 0 saturated carbocycles. The molecule has 0 rings (SSSR count). The molecule has 0 radical (unpaired) electrons. The number of hydrogen-bond acceptors (Lipinski definition) is 3. The van der Waals surface area contributed by atoms with Gasteiger partial charge in [-0.05, 0) is 0 Å². The van der Waals surface area contributed by atoms with Gasteiger partial charge in [0, 0.05) is 0 Å². The molecule has 2 unspecified atom stereocenters. The van der Waals surface area contributed by atoms with Crippen molar-refractivity contribution < 1.29 is 52.6 Å². The predicted octanol–water partition coefficient (Wildman–Crippen LogP) is 5.13. The molecule has 3 nitrogen and oxygen atoms in total. The first-order chi connectivity index (χ1) is 8.24. The zero-order chi connectivity index (χ0) is 15.5. The van der Waals surface area contributed by atoms with Gasteiger partial charge in [-0.25, -0.2) is 4.52 Å². The number of alkyl halides is 8. The van der Waals surface area contributed by atoms with Gasteiger partial charge in [0.1, 0.15) is 0 Å². The van der Waals surface area contributed by atoms with E-state index in [0.717, 1.165) is 0 Å². The van der Waals surface area contributed by atoms with Crippen LogP contribution >= 0.6 is 16.9 Å². The van der Waals surface area contributed by atoms with Crippen LogP contribution in [0.3, 0.4) is 0 Å². The summed E-state index contributed by atoms with van der Waals surface area (Å²) >= 11 is 0. The highest BCUT2D eigenvalue weighted by Crippen LogP contribution is 2.55. The van der Waals surface area contributed by atoms with Crippen LogP contribution in [-0.2, 0) is 9.05 Å². The maximum Gasteiger partial charge on any atom is 0.483 e. The molecule has 19 heavy (non-hydrogen) atoms. The number of halogens is 10. The number of nitrogens with zero attached hydrogens (tertiary/aromatic N) is 1. The van der Waals surface area contributed by atoms with Gasteiger partial charge in [0.15, 0.2) is 6.61 Å². The van der Waals surface area contributed by atoms with Gasteiger partial charge in [-0.1, -0.05) is 0 Å². The van der Waals surface area contributed by atoms with Gasteiger partial charge in [0.05, 0.1) is 0 Å². The summed E-state index contributed by atoms with van der Waals surface area (Å²) in [5.74, 6) is 0. The molecule has 0 aliphatic heterocycles. The van der Waals surface area contributed by atoms with Crippen LogP contribution in [0, 0.1) is 0 Å². The third-order valence-corrected chi connectivity index (χ3v) is 3.05. The molecule has 0 saturated heterocycles. The van der Waals surface area contributed by atoms with E-state index in [1.54, 1.807) is 0 Å². The van der Waals surface area contributed by atoms with Crippen LogP contribution in [-0.4, -0.2) is 25.1 Å². The highest BCUT2D eigenvalue weighted by Gasteiger charge is 2.61. The summed E-state index contributed by atoms with van der Waals surface area (Å²) in [6.07, 6.45) is -17.2. The van der Waals surface area contributed by atoms with Crippen molar-refractivity contribution >= 4 is 16.9 Å². The highest BCUT2D eigenvalue weighted by atomic mass is 31.2.